The molecule has 1 aromatic heterocycles. The number of aromatic nitrogens is 1. The van der Waals surface area contributed by atoms with Crippen LogP contribution in [0, 0.1) is 0 Å². The average molecular weight is 282 g/mol. The highest BCUT2D eigenvalue weighted by molar-refractivity contribution is 6.36. The van der Waals surface area contributed by atoms with E-state index in [1.54, 1.807) is 18.2 Å². The second-order valence-electron chi connectivity index (χ2n) is 3.65. The number of benzene rings is 1. The van der Waals surface area contributed by atoms with Gasteiger partial charge in [0.25, 0.3) is 0 Å². The zero-order chi connectivity index (χ0) is 13.3. The van der Waals surface area contributed by atoms with Gasteiger partial charge >= 0.3 is 0 Å². The Kier molecular flexibility index (Phi) is 3.41. The Morgan fingerprint density at radius 3 is 2.56 bits per heavy atom. The number of nitrogens with two attached hydrogens (primary N) is 2. The molecule has 1 aromatic carbocycles. The molecule has 0 aliphatic carbocycles. The SMILES string of the molecule is NC(=O)c1cc(N)ccc1-c1ncc(Cl)cc1Cl. The molecule has 0 aliphatic rings. The molecule has 18 heavy (non-hydrogen) atoms. The van der Waals surface area contributed by atoms with Gasteiger partial charge in [-0.25, -0.2) is 0 Å². The lowest BCUT2D eigenvalue weighted by Crippen LogP contribution is -2.13. The van der Waals surface area contributed by atoms with E-state index in [4.69, 9.17) is 34.7 Å². The minimum atomic E-state index is -0.592. The Morgan fingerprint density at radius 2 is 1.94 bits per heavy atom. The van der Waals surface area contributed by atoms with Crippen LogP contribution in [0.5, 0.6) is 0 Å². The fourth-order valence-corrected chi connectivity index (χ4v) is 2.07. The first kappa shape index (κ1) is 12.7. The number of hydrogen-bond donors (Lipinski definition) is 2. The van der Waals surface area contributed by atoms with Crippen molar-refractivity contribution in [1.82, 2.24) is 4.98 Å². The van der Waals surface area contributed by atoms with E-state index < -0.39 is 5.91 Å². The number of pyridine rings is 1. The van der Waals surface area contributed by atoms with Gasteiger partial charge in [-0.15, -0.1) is 0 Å². The lowest BCUT2D eigenvalue weighted by Gasteiger charge is -2.09. The third-order valence-electron chi connectivity index (χ3n) is 2.37. The number of rotatable bonds is 2. The minimum Gasteiger partial charge on any atom is -0.399 e. The summed E-state index contributed by atoms with van der Waals surface area (Å²) in [6.45, 7) is 0. The van der Waals surface area contributed by atoms with Crippen LogP contribution in [-0.2, 0) is 0 Å². The number of carbonyl (C=O) groups excluding carboxylic acids is 1. The van der Waals surface area contributed by atoms with Gasteiger partial charge in [-0.3, -0.25) is 9.78 Å². The van der Waals surface area contributed by atoms with Crippen LogP contribution < -0.4 is 11.5 Å². The third-order valence-corrected chi connectivity index (χ3v) is 2.87. The highest BCUT2D eigenvalue weighted by atomic mass is 35.5. The average Bonchev–Trinajstić information content (AvgIpc) is 2.29. The fraction of sp³-hybridized carbons (Fsp3) is 0. The summed E-state index contributed by atoms with van der Waals surface area (Å²) in [5, 5.41) is 0.759. The monoisotopic (exact) mass is 281 g/mol. The number of hydrogen-bond acceptors (Lipinski definition) is 3. The van der Waals surface area contributed by atoms with Gasteiger partial charge in [0.2, 0.25) is 5.91 Å². The van der Waals surface area contributed by atoms with Crippen molar-refractivity contribution >= 4 is 34.8 Å². The maximum atomic E-state index is 11.4. The number of primary amides is 1. The molecule has 0 spiro atoms. The molecule has 4 N–H and O–H groups in total. The summed E-state index contributed by atoms with van der Waals surface area (Å²) in [6.07, 6.45) is 1.45. The van der Waals surface area contributed by atoms with Gasteiger partial charge in [0.15, 0.2) is 0 Å². The number of nitrogens with zero attached hydrogens (tertiary/aromatic N) is 1. The lowest BCUT2D eigenvalue weighted by atomic mass is 10.0. The molecule has 0 bridgehead atoms. The molecule has 6 heteroatoms. The minimum absolute atomic E-state index is 0.270. The van der Waals surface area contributed by atoms with Crippen molar-refractivity contribution in [3.8, 4) is 11.3 Å². The molecule has 4 nitrogen and oxygen atoms in total. The van der Waals surface area contributed by atoms with E-state index in [0.717, 1.165) is 0 Å². The summed E-state index contributed by atoms with van der Waals surface area (Å²) < 4.78 is 0. The third kappa shape index (κ3) is 2.39. The number of halogens is 2. The van der Waals surface area contributed by atoms with Crippen LogP contribution in [0.3, 0.4) is 0 Å². The Labute approximate surface area is 114 Å². The van der Waals surface area contributed by atoms with Crippen molar-refractivity contribution in [2.24, 2.45) is 5.73 Å². The van der Waals surface area contributed by atoms with E-state index in [1.165, 1.54) is 12.3 Å². The van der Waals surface area contributed by atoms with E-state index in [-0.39, 0.29) is 5.56 Å². The predicted octanol–water partition coefficient (Wildman–Crippen LogP) is 2.74. The topological polar surface area (TPSA) is 82.0 Å². The van der Waals surface area contributed by atoms with Gasteiger partial charge in [-0.1, -0.05) is 23.2 Å². The van der Waals surface area contributed by atoms with Crippen LogP contribution in [0.4, 0.5) is 5.69 Å². The Balaban J connectivity index is 2.67. The first-order valence-electron chi connectivity index (χ1n) is 5.00. The van der Waals surface area contributed by atoms with Crippen LogP contribution in [0.2, 0.25) is 10.0 Å². The fourth-order valence-electron chi connectivity index (χ4n) is 1.58. The Morgan fingerprint density at radius 1 is 1.22 bits per heavy atom. The molecular weight excluding hydrogens is 273 g/mol. The number of carbonyl (C=O) groups is 1. The Hall–Kier alpha value is -1.78. The predicted molar refractivity (Wildman–Crippen MR) is 72.6 cm³/mol. The molecule has 0 atom stereocenters. The molecule has 0 saturated heterocycles. The summed E-state index contributed by atoms with van der Waals surface area (Å²) >= 11 is 11.8. The molecule has 1 heterocycles. The normalized spacial score (nSPS) is 10.3. The molecule has 0 saturated carbocycles. The van der Waals surface area contributed by atoms with Gasteiger partial charge in [0.05, 0.1) is 21.3 Å². The number of anilines is 1. The van der Waals surface area contributed by atoms with E-state index in [1.807, 2.05) is 0 Å². The van der Waals surface area contributed by atoms with Crippen molar-refractivity contribution in [1.29, 1.82) is 0 Å². The second-order valence-corrected chi connectivity index (χ2v) is 4.50. The van der Waals surface area contributed by atoms with Gasteiger partial charge in [-0.05, 0) is 24.3 Å². The maximum absolute atomic E-state index is 11.4. The molecule has 0 aliphatic heterocycles. The molecule has 1 amide bonds. The molecular formula is C12H9Cl2N3O. The molecule has 2 rings (SSSR count). The van der Waals surface area contributed by atoms with Gasteiger partial charge in [0, 0.05) is 17.4 Å². The molecule has 2 aromatic rings. The van der Waals surface area contributed by atoms with Gasteiger partial charge in [-0.2, -0.15) is 0 Å². The van der Waals surface area contributed by atoms with E-state index >= 15 is 0 Å². The zero-order valence-electron chi connectivity index (χ0n) is 9.15. The summed E-state index contributed by atoms with van der Waals surface area (Å²) in [4.78, 5) is 15.5. The van der Waals surface area contributed by atoms with E-state index in [2.05, 4.69) is 4.98 Å². The standard InChI is InChI=1S/C12H9Cl2N3O/c13-6-3-10(14)11(17-5-6)8-2-1-7(15)4-9(8)12(16)18/h1-5H,15H2,(H2,16,18). The van der Waals surface area contributed by atoms with E-state index in [0.29, 0.717) is 27.0 Å². The summed E-state index contributed by atoms with van der Waals surface area (Å²) in [5.41, 5.74) is 12.6. The van der Waals surface area contributed by atoms with Crippen molar-refractivity contribution in [3.63, 3.8) is 0 Å². The lowest BCUT2D eigenvalue weighted by molar-refractivity contribution is 0.100. The quantitative estimate of drug-likeness (QED) is 0.831. The summed E-state index contributed by atoms with van der Waals surface area (Å²) in [5.74, 6) is -0.592. The summed E-state index contributed by atoms with van der Waals surface area (Å²) in [7, 11) is 0. The second kappa shape index (κ2) is 4.84. The summed E-state index contributed by atoms with van der Waals surface area (Å²) in [6, 6.07) is 6.34. The van der Waals surface area contributed by atoms with Crippen LogP contribution in [-0.4, -0.2) is 10.9 Å². The maximum Gasteiger partial charge on any atom is 0.249 e. The van der Waals surface area contributed by atoms with Gasteiger partial charge < -0.3 is 11.5 Å². The smallest absolute Gasteiger partial charge is 0.249 e. The Bertz CT molecular complexity index is 629. The highest BCUT2D eigenvalue weighted by Crippen LogP contribution is 2.31. The van der Waals surface area contributed by atoms with Crippen LogP contribution in [0.15, 0.2) is 30.5 Å². The van der Waals surface area contributed by atoms with Crippen LogP contribution in [0.25, 0.3) is 11.3 Å². The first-order valence-corrected chi connectivity index (χ1v) is 5.75. The first-order chi connectivity index (χ1) is 8.49. The molecule has 92 valence electrons. The van der Waals surface area contributed by atoms with Gasteiger partial charge in [0.1, 0.15) is 0 Å². The number of nitrogen functional groups attached to an aromatic ring is 1. The van der Waals surface area contributed by atoms with Crippen molar-refractivity contribution < 1.29 is 4.79 Å². The molecule has 0 unspecified atom stereocenters. The van der Waals surface area contributed by atoms with Crippen LogP contribution >= 0.6 is 23.2 Å². The molecule has 0 fully saturated rings. The van der Waals surface area contributed by atoms with Crippen molar-refractivity contribution in [2.75, 3.05) is 5.73 Å². The highest BCUT2D eigenvalue weighted by Gasteiger charge is 2.14. The number of amides is 1. The molecule has 0 radical (unpaired) electrons. The van der Waals surface area contributed by atoms with E-state index in [9.17, 15) is 4.79 Å². The van der Waals surface area contributed by atoms with Crippen molar-refractivity contribution in [2.45, 2.75) is 0 Å². The van der Waals surface area contributed by atoms with Crippen molar-refractivity contribution in [3.05, 3.63) is 46.1 Å². The largest absolute Gasteiger partial charge is 0.399 e. The zero-order valence-corrected chi connectivity index (χ0v) is 10.7. The van der Waals surface area contributed by atoms with Crippen LogP contribution in [0.1, 0.15) is 10.4 Å².